The van der Waals surface area contributed by atoms with Crippen molar-refractivity contribution in [3.63, 3.8) is 0 Å². The topological polar surface area (TPSA) is 38.0 Å². The minimum Gasteiger partial charge on any atom is -0.271 e. The molecule has 2 unspecified atom stereocenters. The molecule has 0 saturated carbocycles. The quantitative estimate of drug-likeness (QED) is 0.666. The number of rotatable bonds is 4. The second kappa shape index (κ2) is 6.08. The number of nitrogens with one attached hydrogen (secondary N) is 1. The standard InChI is InChI=1S/C17H22N2S/c1-12-5-7-13(8-6-12)11-16(19-18)14-3-2-4-17-15(14)9-10-20-17/h5-10,14,16,19H,2-4,11,18H2,1H3. The van der Waals surface area contributed by atoms with Crippen LogP contribution >= 0.6 is 11.3 Å². The number of hydrazine groups is 1. The summed E-state index contributed by atoms with van der Waals surface area (Å²) in [6.07, 6.45) is 4.76. The first-order valence-electron chi connectivity index (χ1n) is 7.36. The molecule has 20 heavy (non-hydrogen) atoms. The van der Waals surface area contributed by atoms with E-state index in [0.29, 0.717) is 12.0 Å². The summed E-state index contributed by atoms with van der Waals surface area (Å²) in [6.45, 7) is 2.13. The summed E-state index contributed by atoms with van der Waals surface area (Å²) in [5.41, 5.74) is 7.27. The van der Waals surface area contributed by atoms with E-state index in [2.05, 4.69) is 48.1 Å². The first-order valence-corrected chi connectivity index (χ1v) is 8.24. The molecule has 1 aliphatic rings. The van der Waals surface area contributed by atoms with Crippen LogP contribution in [0.3, 0.4) is 0 Å². The predicted octanol–water partition coefficient (Wildman–Crippen LogP) is 3.55. The lowest BCUT2D eigenvalue weighted by molar-refractivity contribution is 0.397. The average molecular weight is 286 g/mol. The lowest BCUT2D eigenvalue weighted by Gasteiger charge is -2.30. The predicted molar refractivity (Wildman–Crippen MR) is 86.0 cm³/mol. The van der Waals surface area contributed by atoms with E-state index >= 15 is 0 Å². The van der Waals surface area contributed by atoms with Crippen LogP contribution in [0.15, 0.2) is 35.7 Å². The Morgan fingerprint density at radius 3 is 2.85 bits per heavy atom. The van der Waals surface area contributed by atoms with Crippen molar-refractivity contribution in [2.45, 2.75) is 44.6 Å². The van der Waals surface area contributed by atoms with Gasteiger partial charge in [0.25, 0.3) is 0 Å². The second-order valence-electron chi connectivity index (χ2n) is 5.76. The number of hydrogen-bond acceptors (Lipinski definition) is 3. The highest BCUT2D eigenvalue weighted by molar-refractivity contribution is 7.10. The van der Waals surface area contributed by atoms with E-state index in [-0.39, 0.29) is 0 Å². The smallest absolute Gasteiger partial charge is 0.0319 e. The van der Waals surface area contributed by atoms with Crippen molar-refractivity contribution in [1.82, 2.24) is 5.43 Å². The zero-order valence-electron chi connectivity index (χ0n) is 11.9. The van der Waals surface area contributed by atoms with Crippen LogP contribution in [-0.2, 0) is 12.8 Å². The van der Waals surface area contributed by atoms with Crippen LogP contribution in [0.25, 0.3) is 0 Å². The molecule has 0 bridgehead atoms. The van der Waals surface area contributed by atoms with Crippen molar-refractivity contribution < 1.29 is 0 Å². The van der Waals surface area contributed by atoms with Crippen molar-refractivity contribution in [1.29, 1.82) is 0 Å². The highest BCUT2D eigenvalue weighted by Crippen LogP contribution is 2.37. The maximum Gasteiger partial charge on any atom is 0.0319 e. The van der Waals surface area contributed by atoms with Crippen LogP contribution < -0.4 is 11.3 Å². The van der Waals surface area contributed by atoms with Crippen LogP contribution in [-0.4, -0.2) is 6.04 Å². The highest BCUT2D eigenvalue weighted by atomic mass is 32.1. The molecule has 0 saturated heterocycles. The second-order valence-corrected chi connectivity index (χ2v) is 6.76. The maximum absolute atomic E-state index is 5.86. The summed E-state index contributed by atoms with van der Waals surface area (Å²) in [5.74, 6) is 6.41. The fourth-order valence-electron chi connectivity index (χ4n) is 3.24. The van der Waals surface area contributed by atoms with E-state index in [9.17, 15) is 0 Å². The third-order valence-electron chi connectivity index (χ3n) is 4.37. The molecule has 0 fully saturated rings. The largest absolute Gasteiger partial charge is 0.271 e. The molecule has 2 nitrogen and oxygen atoms in total. The average Bonchev–Trinajstić information content (AvgIpc) is 2.95. The zero-order chi connectivity index (χ0) is 13.9. The number of benzene rings is 1. The monoisotopic (exact) mass is 286 g/mol. The van der Waals surface area contributed by atoms with Gasteiger partial charge in [-0.15, -0.1) is 11.3 Å². The third kappa shape index (κ3) is 2.80. The maximum atomic E-state index is 5.86. The van der Waals surface area contributed by atoms with Gasteiger partial charge in [-0.2, -0.15) is 0 Å². The first-order chi connectivity index (χ1) is 9.78. The van der Waals surface area contributed by atoms with Gasteiger partial charge in [-0.3, -0.25) is 11.3 Å². The van der Waals surface area contributed by atoms with E-state index in [1.54, 1.807) is 4.88 Å². The molecule has 1 heterocycles. The van der Waals surface area contributed by atoms with Gasteiger partial charge < -0.3 is 0 Å². The van der Waals surface area contributed by atoms with Crippen molar-refractivity contribution in [2.75, 3.05) is 0 Å². The van der Waals surface area contributed by atoms with Crippen molar-refractivity contribution >= 4 is 11.3 Å². The Bertz CT molecular complexity index is 559. The Hall–Kier alpha value is -1.16. The number of nitrogens with two attached hydrogens (primary N) is 1. The molecule has 0 spiro atoms. The molecule has 1 aromatic carbocycles. The first kappa shape index (κ1) is 13.8. The number of aryl methyl sites for hydroxylation is 2. The minimum atomic E-state index is 0.325. The van der Waals surface area contributed by atoms with E-state index in [0.717, 1.165) is 6.42 Å². The van der Waals surface area contributed by atoms with Gasteiger partial charge >= 0.3 is 0 Å². The molecule has 3 N–H and O–H groups in total. The minimum absolute atomic E-state index is 0.325. The van der Waals surface area contributed by atoms with Gasteiger partial charge in [-0.05, 0) is 55.2 Å². The summed E-state index contributed by atoms with van der Waals surface area (Å²) in [5, 5.41) is 2.22. The molecule has 2 aromatic rings. The van der Waals surface area contributed by atoms with Crippen molar-refractivity contribution in [2.24, 2.45) is 5.84 Å². The number of hydrogen-bond donors (Lipinski definition) is 2. The molecule has 1 aromatic heterocycles. The lowest BCUT2D eigenvalue weighted by Crippen LogP contribution is -2.42. The number of thiophene rings is 1. The van der Waals surface area contributed by atoms with Crippen LogP contribution in [0.2, 0.25) is 0 Å². The summed E-state index contributed by atoms with van der Waals surface area (Å²) in [4.78, 5) is 1.56. The molecule has 106 valence electrons. The lowest BCUT2D eigenvalue weighted by atomic mass is 9.80. The molecular formula is C17H22N2S. The van der Waals surface area contributed by atoms with Crippen molar-refractivity contribution in [3.8, 4) is 0 Å². The molecule has 3 heteroatoms. The van der Waals surface area contributed by atoms with Crippen LogP contribution in [0.4, 0.5) is 0 Å². The van der Waals surface area contributed by atoms with Gasteiger partial charge in [0.2, 0.25) is 0 Å². The van der Waals surface area contributed by atoms with Crippen LogP contribution in [0.5, 0.6) is 0 Å². The normalized spacial score (nSPS) is 19.6. The van der Waals surface area contributed by atoms with E-state index in [4.69, 9.17) is 5.84 Å². The highest BCUT2D eigenvalue weighted by Gasteiger charge is 2.28. The fourth-order valence-corrected chi connectivity index (χ4v) is 4.23. The van der Waals surface area contributed by atoms with Gasteiger partial charge in [0.1, 0.15) is 0 Å². The van der Waals surface area contributed by atoms with Crippen LogP contribution in [0, 0.1) is 6.92 Å². The Morgan fingerprint density at radius 2 is 2.10 bits per heavy atom. The number of fused-ring (bicyclic) bond motifs is 1. The molecular weight excluding hydrogens is 264 g/mol. The SMILES string of the molecule is Cc1ccc(CC(NN)C2CCCc3sccc32)cc1. The zero-order valence-corrected chi connectivity index (χ0v) is 12.7. The molecule has 0 amide bonds. The third-order valence-corrected chi connectivity index (χ3v) is 5.37. The summed E-state index contributed by atoms with van der Waals surface area (Å²) in [6, 6.07) is 11.4. The Balaban J connectivity index is 1.79. The van der Waals surface area contributed by atoms with E-state index < -0.39 is 0 Å². The molecule has 1 aliphatic carbocycles. The van der Waals surface area contributed by atoms with E-state index in [1.807, 2.05) is 11.3 Å². The molecule has 0 aliphatic heterocycles. The van der Waals surface area contributed by atoms with Gasteiger partial charge in [-0.1, -0.05) is 29.8 Å². The van der Waals surface area contributed by atoms with Gasteiger partial charge in [-0.25, -0.2) is 0 Å². The Kier molecular flexibility index (Phi) is 4.20. The summed E-state index contributed by atoms with van der Waals surface area (Å²) in [7, 11) is 0. The fraction of sp³-hybridized carbons (Fsp3) is 0.412. The van der Waals surface area contributed by atoms with Gasteiger partial charge in [0, 0.05) is 16.8 Å². The molecule has 2 atom stereocenters. The summed E-state index contributed by atoms with van der Waals surface area (Å²) < 4.78 is 0. The van der Waals surface area contributed by atoms with Crippen molar-refractivity contribution in [3.05, 3.63) is 57.3 Å². The van der Waals surface area contributed by atoms with Crippen LogP contribution in [0.1, 0.15) is 40.3 Å². The van der Waals surface area contributed by atoms with Gasteiger partial charge in [0.15, 0.2) is 0 Å². The molecule has 3 rings (SSSR count). The van der Waals surface area contributed by atoms with E-state index in [1.165, 1.54) is 36.0 Å². The Labute approximate surface area is 125 Å². The van der Waals surface area contributed by atoms with Gasteiger partial charge in [0.05, 0.1) is 0 Å². The summed E-state index contributed by atoms with van der Waals surface area (Å²) >= 11 is 1.90. The molecule has 0 radical (unpaired) electrons. The Morgan fingerprint density at radius 1 is 1.30 bits per heavy atom.